The third-order valence-corrected chi connectivity index (χ3v) is 3.98. The molecule has 136 valence electrons. The number of ether oxygens (including phenoxy) is 1. The normalized spacial score (nSPS) is 10.4. The van der Waals surface area contributed by atoms with E-state index in [1.165, 1.54) is 5.56 Å². The number of carbonyl (C=O) groups excluding carboxylic acids is 1. The standard InChI is InChI=1S/C22H26N2O2/c1-18(2)17-26-21-11-9-20(10-12-21)22(25)24(15-6-14-23)16-13-19-7-4-3-5-8-19/h3-5,7-12,18H,6,13,15-17H2,1-2H3. The predicted molar refractivity (Wildman–Crippen MR) is 103 cm³/mol. The fourth-order valence-corrected chi connectivity index (χ4v) is 2.55. The minimum absolute atomic E-state index is 0.0495. The molecule has 0 aliphatic heterocycles. The summed E-state index contributed by atoms with van der Waals surface area (Å²) in [5.41, 5.74) is 1.80. The lowest BCUT2D eigenvalue weighted by molar-refractivity contribution is 0.0761. The first-order valence-corrected chi connectivity index (χ1v) is 9.03. The lowest BCUT2D eigenvalue weighted by atomic mass is 10.1. The molecule has 2 aromatic carbocycles. The van der Waals surface area contributed by atoms with Crippen LogP contribution in [0.1, 0.15) is 36.2 Å². The zero-order valence-corrected chi connectivity index (χ0v) is 15.5. The molecule has 26 heavy (non-hydrogen) atoms. The average Bonchev–Trinajstić information content (AvgIpc) is 2.67. The molecule has 2 rings (SSSR count). The van der Waals surface area contributed by atoms with Crippen molar-refractivity contribution in [1.82, 2.24) is 4.90 Å². The Balaban J connectivity index is 2.01. The first-order valence-electron chi connectivity index (χ1n) is 9.03. The molecule has 0 aliphatic carbocycles. The Bertz CT molecular complexity index is 718. The van der Waals surface area contributed by atoms with Gasteiger partial charge in [0.1, 0.15) is 5.75 Å². The molecule has 0 heterocycles. The molecule has 0 atom stereocenters. The molecular weight excluding hydrogens is 324 g/mol. The van der Waals surface area contributed by atoms with Crippen molar-refractivity contribution in [3.05, 3.63) is 65.7 Å². The second-order valence-electron chi connectivity index (χ2n) is 6.67. The molecule has 0 spiro atoms. The Morgan fingerprint density at radius 1 is 1.08 bits per heavy atom. The smallest absolute Gasteiger partial charge is 0.253 e. The molecule has 0 unspecified atom stereocenters. The van der Waals surface area contributed by atoms with Crippen molar-refractivity contribution in [3.63, 3.8) is 0 Å². The van der Waals surface area contributed by atoms with E-state index in [2.05, 4.69) is 19.9 Å². The van der Waals surface area contributed by atoms with Crippen molar-refractivity contribution >= 4 is 5.91 Å². The third-order valence-electron chi connectivity index (χ3n) is 3.98. The Hall–Kier alpha value is -2.80. The monoisotopic (exact) mass is 350 g/mol. The summed E-state index contributed by atoms with van der Waals surface area (Å²) in [5, 5.41) is 8.89. The first-order chi connectivity index (χ1) is 12.6. The quantitative estimate of drug-likeness (QED) is 0.677. The van der Waals surface area contributed by atoms with Gasteiger partial charge in [0.25, 0.3) is 5.91 Å². The number of nitrogens with zero attached hydrogens (tertiary/aromatic N) is 2. The van der Waals surface area contributed by atoms with Gasteiger partial charge in [-0.05, 0) is 42.2 Å². The van der Waals surface area contributed by atoms with Gasteiger partial charge in [-0.1, -0.05) is 44.2 Å². The van der Waals surface area contributed by atoms with Gasteiger partial charge in [-0.15, -0.1) is 0 Å². The molecule has 0 bridgehead atoms. The topological polar surface area (TPSA) is 53.3 Å². The van der Waals surface area contributed by atoms with E-state index in [9.17, 15) is 4.79 Å². The minimum atomic E-state index is -0.0495. The molecule has 4 heteroatoms. The van der Waals surface area contributed by atoms with Crippen molar-refractivity contribution in [3.8, 4) is 11.8 Å². The lowest BCUT2D eigenvalue weighted by Crippen LogP contribution is -2.33. The van der Waals surface area contributed by atoms with Crippen LogP contribution in [0.3, 0.4) is 0 Å². The predicted octanol–water partition coefficient (Wildman–Crippen LogP) is 4.32. The molecule has 0 fully saturated rings. The second kappa shape index (κ2) is 10.2. The van der Waals surface area contributed by atoms with Crippen molar-refractivity contribution in [2.24, 2.45) is 5.92 Å². The summed E-state index contributed by atoms with van der Waals surface area (Å²) in [4.78, 5) is 14.6. The van der Waals surface area contributed by atoms with E-state index in [0.29, 0.717) is 37.6 Å². The van der Waals surface area contributed by atoms with Crippen LogP contribution in [-0.2, 0) is 6.42 Å². The molecule has 1 amide bonds. The molecule has 2 aromatic rings. The van der Waals surface area contributed by atoms with Gasteiger partial charge < -0.3 is 9.64 Å². The molecule has 0 aromatic heterocycles. The van der Waals surface area contributed by atoms with Crippen molar-refractivity contribution in [2.45, 2.75) is 26.7 Å². The molecule has 0 saturated carbocycles. The first kappa shape index (κ1) is 19.5. The van der Waals surface area contributed by atoms with E-state index < -0.39 is 0 Å². The maximum atomic E-state index is 12.8. The van der Waals surface area contributed by atoms with Gasteiger partial charge in [0.15, 0.2) is 0 Å². The van der Waals surface area contributed by atoms with Gasteiger partial charge in [0, 0.05) is 18.7 Å². The number of amides is 1. The van der Waals surface area contributed by atoms with E-state index in [1.807, 2.05) is 42.5 Å². The van der Waals surface area contributed by atoms with Gasteiger partial charge in [-0.3, -0.25) is 4.79 Å². The second-order valence-corrected chi connectivity index (χ2v) is 6.67. The zero-order valence-electron chi connectivity index (χ0n) is 15.5. The van der Waals surface area contributed by atoms with E-state index in [0.717, 1.165) is 12.2 Å². The van der Waals surface area contributed by atoms with Crippen molar-refractivity contribution < 1.29 is 9.53 Å². The Kier molecular flexibility index (Phi) is 7.70. The van der Waals surface area contributed by atoms with Crippen LogP contribution in [0.25, 0.3) is 0 Å². The fourth-order valence-electron chi connectivity index (χ4n) is 2.55. The highest BCUT2D eigenvalue weighted by atomic mass is 16.5. The van der Waals surface area contributed by atoms with E-state index in [4.69, 9.17) is 10.00 Å². The summed E-state index contributed by atoms with van der Waals surface area (Å²) < 4.78 is 5.66. The maximum absolute atomic E-state index is 12.8. The summed E-state index contributed by atoms with van der Waals surface area (Å²) in [6, 6.07) is 19.4. The summed E-state index contributed by atoms with van der Waals surface area (Å²) >= 11 is 0. The van der Waals surface area contributed by atoms with Crippen LogP contribution in [0.15, 0.2) is 54.6 Å². The number of carbonyl (C=O) groups is 1. The fraction of sp³-hybridized carbons (Fsp3) is 0.364. The van der Waals surface area contributed by atoms with Crippen molar-refractivity contribution in [2.75, 3.05) is 19.7 Å². The highest BCUT2D eigenvalue weighted by molar-refractivity contribution is 5.94. The highest BCUT2D eigenvalue weighted by Gasteiger charge is 2.15. The van der Waals surface area contributed by atoms with Gasteiger partial charge in [0.2, 0.25) is 0 Å². The van der Waals surface area contributed by atoms with Crippen LogP contribution in [-0.4, -0.2) is 30.5 Å². The van der Waals surface area contributed by atoms with Crippen LogP contribution in [0.2, 0.25) is 0 Å². The molecule has 0 aliphatic rings. The molecule has 0 saturated heterocycles. The summed E-state index contributed by atoms with van der Waals surface area (Å²) in [7, 11) is 0. The largest absolute Gasteiger partial charge is 0.493 e. The van der Waals surface area contributed by atoms with E-state index >= 15 is 0 Å². The summed E-state index contributed by atoms with van der Waals surface area (Å²) in [6.45, 7) is 5.87. The van der Waals surface area contributed by atoms with Crippen LogP contribution in [0.5, 0.6) is 5.75 Å². The van der Waals surface area contributed by atoms with Crippen LogP contribution in [0, 0.1) is 17.2 Å². The molecule has 4 nitrogen and oxygen atoms in total. The number of hydrogen-bond acceptors (Lipinski definition) is 3. The van der Waals surface area contributed by atoms with Crippen LogP contribution < -0.4 is 4.74 Å². The summed E-state index contributed by atoms with van der Waals surface area (Å²) in [5.74, 6) is 1.17. The average molecular weight is 350 g/mol. The number of nitriles is 1. The Morgan fingerprint density at radius 2 is 1.77 bits per heavy atom. The van der Waals surface area contributed by atoms with Gasteiger partial charge in [-0.25, -0.2) is 0 Å². The van der Waals surface area contributed by atoms with Crippen LogP contribution >= 0.6 is 0 Å². The van der Waals surface area contributed by atoms with E-state index in [-0.39, 0.29) is 5.91 Å². The van der Waals surface area contributed by atoms with Gasteiger partial charge in [-0.2, -0.15) is 5.26 Å². The molecule has 0 radical (unpaired) electrons. The highest BCUT2D eigenvalue weighted by Crippen LogP contribution is 2.15. The molecule has 0 N–H and O–H groups in total. The summed E-state index contributed by atoms with van der Waals surface area (Å²) in [6.07, 6.45) is 1.10. The zero-order chi connectivity index (χ0) is 18.8. The van der Waals surface area contributed by atoms with E-state index in [1.54, 1.807) is 17.0 Å². The Labute approximate surface area is 156 Å². The minimum Gasteiger partial charge on any atom is -0.493 e. The SMILES string of the molecule is CC(C)COc1ccc(C(=O)N(CCC#N)CCc2ccccc2)cc1. The Morgan fingerprint density at radius 3 is 2.38 bits per heavy atom. The molecular formula is C22H26N2O2. The maximum Gasteiger partial charge on any atom is 0.253 e. The lowest BCUT2D eigenvalue weighted by Gasteiger charge is -2.22. The number of rotatable bonds is 9. The third kappa shape index (κ3) is 6.25. The number of benzene rings is 2. The van der Waals surface area contributed by atoms with Crippen LogP contribution in [0.4, 0.5) is 0 Å². The van der Waals surface area contributed by atoms with Gasteiger partial charge >= 0.3 is 0 Å². The van der Waals surface area contributed by atoms with Gasteiger partial charge in [0.05, 0.1) is 19.1 Å². The number of hydrogen-bond donors (Lipinski definition) is 0. The van der Waals surface area contributed by atoms with Crippen molar-refractivity contribution in [1.29, 1.82) is 5.26 Å².